The number of benzene rings is 1. The molecule has 1 aromatic rings. The first-order valence-corrected chi connectivity index (χ1v) is 6.48. The molecular weight excluding hydrogens is 236 g/mol. The van der Waals surface area contributed by atoms with Crippen LogP contribution in [0.3, 0.4) is 0 Å². The van der Waals surface area contributed by atoms with Crippen molar-refractivity contribution in [2.24, 2.45) is 0 Å². The van der Waals surface area contributed by atoms with Gasteiger partial charge in [-0.15, -0.1) is 0 Å². The van der Waals surface area contributed by atoms with Crippen molar-refractivity contribution in [3.05, 3.63) is 35.9 Å². The van der Waals surface area contributed by atoms with Crippen LogP contribution in [0.4, 0.5) is 0 Å². The lowest BCUT2D eigenvalue weighted by atomic mass is 9.92. The molecule has 1 aliphatic carbocycles. The lowest BCUT2D eigenvalue weighted by Crippen LogP contribution is -2.10. The minimum atomic E-state index is 0.687. The molecule has 1 fully saturated rings. The van der Waals surface area contributed by atoms with Gasteiger partial charge in [-0.1, -0.05) is 65.5 Å². The third-order valence-corrected chi connectivity index (χ3v) is 4.26. The summed E-state index contributed by atoms with van der Waals surface area (Å²) in [6.45, 7) is 0. The Bertz CT molecular complexity index is 268. The first-order chi connectivity index (χ1) is 6.88. The molecule has 2 unspecified atom stereocenters. The molecule has 0 radical (unpaired) electrons. The Hall–Kier alpha value is -0.300. The molecule has 1 aromatic carbocycles. The standard InChI is InChI=1S/C13H17Br/c14-13-10-6-2-5-9-12(13)11-7-3-1-4-8-11/h1,3-4,7-8,12-13H,2,5-6,9-10H2. The van der Waals surface area contributed by atoms with Gasteiger partial charge in [0.25, 0.3) is 0 Å². The predicted molar refractivity (Wildman–Crippen MR) is 65.0 cm³/mol. The second-order valence-electron chi connectivity index (χ2n) is 4.17. The van der Waals surface area contributed by atoms with Gasteiger partial charge in [-0.25, -0.2) is 0 Å². The Morgan fingerprint density at radius 2 is 1.64 bits per heavy atom. The molecule has 1 aliphatic rings. The molecule has 0 heterocycles. The molecule has 1 heteroatoms. The van der Waals surface area contributed by atoms with Gasteiger partial charge in [0.05, 0.1) is 0 Å². The molecule has 0 saturated heterocycles. The Morgan fingerprint density at radius 1 is 0.929 bits per heavy atom. The summed E-state index contributed by atoms with van der Waals surface area (Å²) in [5, 5.41) is 0. The van der Waals surface area contributed by atoms with E-state index < -0.39 is 0 Å². The third-order valence-electron chi connectivity index (χ3n) is 3.16. The van der Waals surface area contributed by atoms with E-state index in [4.69, 9.17) is 0 Å². The van der Waals surface area contributed by atoms with E-state index in [0.717, 1.165) is 5.92 Å². The van der Waals surface area contributed by atoms with Crippen LogP contribution < -0.4 is 0 Å². The highest BCUT2D eigenvalue weighted by Crippen LogP contribution is 2.35. The fourth-order valence-electron chi connectivity index (χ4n) is 2.34. The van der Waals surface area contributed by atoms with Gasteiger partial charge >= 0.3 is 0 Å². The zero-order valence-electron chi connectivity index (χ0n) is 8.45. The zero-order valence-corrected chi connectivity index (χ0v) is 10.0. The lowest BCUT2D eigenvalue weighted by Gasteiger charge is -2.20. The van der Waals surface area contributed by atoms with Crippen molar-refractivity contribution in [3.8, 4) is 0 Å². The van der Waals surface area contributed by atoms with Crippen molar-refractivity contribution in [2.45, 2.75) is 42.8 Å². The van der Waals surface area contributed by atoms with Gasteiger partial charge in [-0.2, -0.15) is 0 Å². The number of alkyl halides is 1. The zero-order chi connectivity index (χ0) is 9.80. The largest absolute Gasteiger partial charge is 0.0884 e. The van der Waals surface area contributed by atoms with Gasteiger partial charge in [-0.05, 0) is 24.3 Å². The first kappa shape index (κ1) is 10.2. The fourth-order valence-corrected chi connectivity index (χ4v) is 3.23. The van der Waals surface area contributed by atoms with Crippen LogP contribution in [-0.2, 0) is 0 Å². The van der Waals surface area contributed by atoms with E-state index in [2.05, 4.69) is 46.3 Å². The maximum Gasteiger partial charge on any atom is 0.0214 e. The minimum absolute atomic E-state index is 0.687. The predicted octanol–water partition coefficient (Wildman–Crippen LogP) is 4.50. The Kier molecular flexibility index (Phi) is 3.63. The maximum atomic E-state index is 3.84. The van der Waals surface area contributed by atoms with E-state index in [0.29, 0.717) is 4.83 Å². The van der Waals surface area contributed by atoms with E-state index in [1.54, 1.807) is 0 Å². The van der Waals surface area contributed by atoms with E-state index in [-0.39, 0.29) is 0 Å². The van der Waals surface area contributed by atoms with Crippen molar-refractivity contribution in [2.75, 3.05) is 0 Å². The van der Waals surface area contributed by atoms with Crippen LogP contribution in [0.5, 0.6) is 0 Å². The Morgan fingerprint density at radius 3 is 2.43 bits per heavy atom. The van der Waals surface area contributed by atoms with Gasteiger partial charge in [0, 0.05) is 4.83 Å². The van der Waals surface area contributed by atoms with Crippen LogP contribution in [0.15, 0.2) is 30.3 Å². The second-order valence-corrected chi connectivity index (χ2v) is 5.35. The Balaban J connectivity index is 2.15. The lowest BCUT2D eigenvalue weighted by molar-refractivity contribution is 0.612. The van der Waals surface area contributed by atoms with Gasteiger partial charge in [0.1, 0.15) is 0 Å². The molecular formula is C13H17Br. The molecule has 0 spiro atoms. The number of halogens is 1. The summed E-state index contributed by atoms with van der Waals surface area (Å²) >= 11 is 3.84. The van der Waals surface area contributed by atoms with Gasteiger partial charge in [0.2, 0.25) is 0 Å². The van der Waals surface area contributed by atoms with Crippen molar-refractivity contribution in [1.29, 1.82) is 0 Å². The molecule has 2 rings (SSSR count). The molecule has 1 saturated carbocycles. The molecule has 76 valence electrons. The summed E-state index contributed by atoms with van der Waals surface area (Å²) < 4.78 is 0. The van der Waals surface area contributed by atoms with Crippen LogP contribution in [-0.4, -0.2) is 4.83 Å². The average Bonchev–Trinajstić information content (AvgIpc) is 2.44. The first-order valence-electron chi connectivity index (χ1n) is 5.57. The monoisotopic (exact) mass is 252 g/mol. The Labute approximate surface area is 94.8 Å². The molecule has 2 atom stereocenters. The minimum Gasteiger partial charge on any atom is -0.0884 e. The highest BCUT2D eigenvalue weighted by Gasteiger charge is 2.22. The van der Waals surface area contributed by atoms with E-state index in [1.807, 2.05) is 0 Å². The molecule has 0 nitrogen and oxygen atoms in total. The smallest absolute Gasteiger partial charge is 0.0214 e. The average molecular weight is 253 g/mol. The summed E-state index contributed by atoms with van der Waals surface area (Å²) in [6, 6.07) is 10.9. The van der Waals surface area contributed by atoms with Crippen LogP contribution in [0, 0.1) is 0 Å². The third kappa shape index (κ3) is 2.38. The van der Waals surface area contributed by atoms with Crippen LogP contribution in [0.25, 0.3) is 0 Å². The SMILES string of the molecule is BrC1CCCCCC1c1ccccc1. The van der Waals surface area contributed by atoms with Crippen molar-refractivity contribution < 1.29 is 0 Å². The van der Waals surface area contributed by atoms with E-state index in [9.17, 15) is 0 Å². The highest BCUT2D eigenvalue weighted by molar-refractivity contribution is 9.09. The highest BCUT2D eigenvalue weighted by atomic mass is 79.9. The molecule has 14 heavy (non-hydrogen) atoms. The number of hydrogen-bond donors (Lipinski definition) is 0. The van der Waals surface area contributed by atoms with Crippen molar-refractivity contribution in [3.63, 3.8) is 0 Å². The number of hydrogen-bond acceptors (Lipinski definition) is 0. The quantitative estimate of drug-likeness (QED) is 0.510. The summed E-state index contributed by atoms with van der Waals surface area (Å²) in [4.78, 5) is 0.687. The van der Waals surface area contributed by atoms with Crippen LogP contribution >= 0.6 is 15.9 Å². The van der Waals surface area contributed by atoms with Gasteiger partial charge < -0.3 is 0 Å². The van der Waals surface area contributed by atoms with Crippen molar-refractivity contribution in [1.82, 2.24) is 0 Å². The normalized spacial score (nSPS) is 28.4. The van der Waals surface area contributed by atoms with Crippen molar-refractivity contribution >= 4 is 15.9 Å². The molecule has 0 amide bonds. The van der Waals surface area contributed by atoms with Crippen LogP contribution in [0.1, 0.15) is 43.6 Å². The molecule has 0 N–H and O–H groups in total. The van der Waals surface area contributed by atoms with Gasteiger partial charge in [-0.3, -0.25) is 0 Å². The fraction of sp³-hybridized carbons (Fsp3) is 0.538. The molecule has 0 aliphatic heterocycles. The summed E-state index contributed by atoms with van der Waals surface area (Å²) in [5.74, 6) is 0.735. The van der Waals surface area contributed by atoms with E-state index >= 15 is 0 Å². The maximum absolute atomic E-state index is 3.84. The summed E-state index contributed by atoms with van der Waals surface area (Å²) in [6.07, 6.45) is 6.87. The summed E-state index contributed by atoms with van der Waals surface area (Å²) in [7, 11) is 0. The topological polar surface area (TPSA) is 0 Å². The van der Waals surface area contributed by atoms with Gasteiger partial charge in [0.15, 0.2) is 0 Å². The summed E-state index contributed by atoms with van der Waals surface area (Å²) in [5.41, 5.74) is 1.51. The second kappa shape index (κ2) is 4.97. The molecule has 0 bridgehead atoms. The van der Waals surface area contributed by atoms with E-state index in [1.165, 1.54) is 37.7 Å². The number of rotatable bonds is 1. The molecule has 0 aromatic heterocycles. The van der Waals surface area contributed by atoms with Crippen LogP contribution in [0.2, 0.25) is 0 Å².